The van der Waals surface area contributed by atoms with Crippen molar-refractivity contribution in [2.75, 3.05) is 30.8 Å². The van der Waals surface area contributed by atoms with Gasteiger partial charge in [0.05, 0.1) is 23.3 Å². The molecule has 1 heterocycles. The van der Waals surface area contributed by atoms with E-state index in [1.54, 1.807) is 31.3 Å². The zero-order valence-corrected chi connectivity index (χ0v) is 18.0. The number of carbonyl (C=O) groups excluding carboxylic acids is 2. The Hall–Kier alpha value is -2.40. The summed E-state index contributed by atoms with van der Waals surface area (Å²) in [5.41, 5.74) is 2.23. The molecule has 3 N–H and O–H groups in total. The first kappa shape index (κ1) is 21.3. The maximum Gasteiger partial charge on any atom is 0.280 e. The normalized spacial score (nSPS) is 16.4. The number of halogens is 1. The zero-order chi connectivity index (χ0) is 21.0. The minimum Gasteiger partial charge on any atom is -0.322 e. The van der Waals surface area contributed by atoms with Gasteiger partial charge in [-0.05, 0) is 42.9 Å². The van der Waals surface area contributed by atoms with Crippen molar-refractivity contribution in [1.29, 1.82) is 5.26 Å². The van der Waals surface area contributed by atoms with Gasteiger partial charge in [0.1, 0.15) is 11.1 Å². The van der Waals surface area contributed by atoms with Crippen molar-refractivity contribution in [2.45, 2.75) is 26.2 Å². The summed E-state index contributed by atoms with van der Waals surface area (Å²) in [6.45, 7) is 2.46. The second kappa shape index (κ2) is 9.40. The topological polar surface area (TPSA) is 86.4 Å². The number of benzene rings is 1. The number of carbonyl (C=O) groups is 2. The largest absolute Gasteiger partial charge is 0.322 e. The molecule has 29 heavy (non-hydrogen) atoms. The summed E-state index contributed by atoms with van der Waals surface area (Å²) in [7, 11) is 1.78. The molecular formula is C21H24ClN4O2S+. The lowest BCUT2D eigenvalue weighted by Crippen LogP contribution is -3.11. The van der Waals surface area contributed by atoms with Gasteiger partial charge in [-0.25, -0.2) is 0 Å². The molecule has 0 saturated carbocycles. The van der Waals surface area contributed by atoms with Crippen molar-refractivity contribution >= 4 is 45.4 Å². The minimum atomic E-state index is -0.221. The Bertz CT molecular complexity index is 966. The number of quaternary nitrogens is 1. The highest BCUT2D eigenvalue weighted by Crippen LogP contribution is 2.39. The molecule has 152 valence electrons. The van der Waals surface area contributed by atoms with Crippen LogP contribution >= 0.6 is 22.9 Å². The fraction of sp³-hybridized carbons (Fsp3) is 0.381. The maximum atomic E-state index is 12.5. The number of nitrogens with zero attached hydrogens (tertiary/aromatic N) is 1. The van der Waals surface area contributed by atoms with Crippen LogP contribution < -0.4 is 15.5 Å². The predicted octanol–water partition coefficient (Wildman–Crippen LogP) is 2.49. The maximum absolute atomic E-state index is 12.5. The highest BCUT2D eigenvalue weighted by atomic mass is 35.5. The molecule has 0 spiro atoms. The molecule has 1 aliphatic carbocycles. The third-order valence-corrected chi connectivity index (χ3v) is 6.45. The number of hydrogen-bond acceptors (Lipinski definition) is 4. The Morgan fingerprint density at radius 1 is 1.28 bits per heavy atom. The van der Waals surface area contributed by atoms with Crippen LogP contribution in [0.3, 0.4) is 0 Å². The summed E-state index contributed by atoms with van der Waals surface area (Å²) >= 11 is 7.55. The highest BCUT2D eigenvalue weighted by Gasteiger charge is 2.25. The van der Waals surface area contributed by atoms with E-state index in [1.165, 1.54) is 16.2 Å². The van der Waals surface area contributed by atoms with E-state index >= 15 is 0 Å². The first-order chi connectivity index (χ1) is 13.9. The van der Waals surface area contributed by atoms with Crippen molar-refractivity contribution in [3.8, 4) is 6.07 Å². The number of rotatable bonds is 6. The number of nitrogens with one attached hydrogen (secondary N) is 3. The van der Waals surface area contributed by atoms with Gasteiger partial charge in [-0.1, -0.05) is 30.7 Å². The predicted molar refractivity (Wildman–Crippen MR) is 116 cm³/mol. The summed E-state index contributed by atoms with van der Waals surface area (Å²) in [6.07, 6.45) is 2.91. The fourth-order valence-corrected chi connectivity index (χ4v) is 5.06. The van der Waals surface area contributed by atoms with Gasteiger partial charge < -0.3 is 15.5 Å². The lowest BCUT2D eigenvalue weighted by molar-refractivity contribution is -0.862. The van der Waals surface area contributed by atoms with E-state index in [0.717, 1.165) is 29.7 Å². The molecule has 2 aromatic rings. The van der Waals surface area contributed by atoms with Gasteiger partial charge in [-0.3, -0.25) is 9.59 Å². The van der Waals surface area contributed by atoms with Crippen LogP contribution in [0.15, 0.2) is 24.3 Å². The van der Waals surface area contributed by atoms with Gasteiger partial charge >= 0.3 is 0 Å². The molecule has 8 heteroatoms. The van der Waals surface area contributed by atoms with Gasteiger partial charge in [-0.15, -0.1) is 11.3 Å². The van der Waals surface area contributed by atoms with Gasteiger partial charge in [0.2, 0.25) is 0 Å². The van der Waals surface area contributed by atoms with Crippen LogP contribution in [0, 0.1) is 17.2 Å². The van der Waals surface area contributed by atoms with Gasteiger partial charge in [0, 0.05) is 4.88 Å². The van der Waals surface area contributed by atoms with Crippen LogP contribution in [0.5, 0.6) is 0 Å². The molecule has 1 aliphatic rings. The molecule has 0 bridgehead atoms. The Morgan fingerprint density at radius 3 is 2.66 bits per heavy atom. The Morgan fingerprint density at radius 2 is 1.97 bits per heavy atom. The number of likely N-dealkylation sites (N-methyl/N-ethyl adjacent to an activating group) is 1. The lowest BCUT2D eigenvalue weighted by atomic mass is 9.89. The fourth-order valence-electron chi connectivity index (χ4n) is 3.50. The Kier molecular flexibility index (Phi) is 6.91. The van der Waals surface area contributed by atoms with Crippen LogP contribution in [-0.2, 0) is 22.4 Å². The minimum absolute atomic E-state index is 0.125. The van der Waals surface area contributed by atoms with Crippen molar-refractivity contribution in [1.82, 2.24) is 0 Å². The highest BCUT2D eigenvalue weighted by molar-refractivity contribution is 7.16. The van der Waals surface area contributed by atoms with Crippen molar-refractivity contribution in [2.24, 2.45) is 5.92 Å². The van der Waals surface area contributed by atoms with E-state index in [4.69, 9.17) is 11.6 Å². The number of fused-ring (bicyclic) bond motifs is 1. The summed E-state index contributed by atoms with van der Waals surface area (Å²) in [5.74, 6) is 0.168. The summed E-state index contributed by atoms with van der Waals surface area (Å²) < 4.78 is 0. The first-order valence-corrected chi connectivity index (χ1v) is 10.8. The van der Waals surface area contributed by atoms with E-state index in [2.05, 4.69) is 23.6 Å². The standard InChI is InChI=1S/C21H23ClN4O2S/c1-13-7-8-14-15(10-23)21(29-18(14)9-13)25-20(28)12-26(2)11-19(27)24-17-6-4-3-5-16(17)22/h3-6,13H,7-9,11-12H2,1-2H3,(H,24,27)(H,25,28)/p+1/t13-/m1/s1. The van der Waals surface area contributed by atoms with Gasteiger partial charge in [0.15, 0.2) is 13.1 Å². The Labute approximate surface area is 179 Å². The van der Waals surface area contributed by atoms with Crippen LogP contribution in [-0.4, -0.2) is 32.0 Å². The number of amides is 2. The third-order valence-electron chi connectivity index (χ3n) is 4.95. The number of hydrogen-bond donors (Lipinski definition) is 3. The second-order valence-corrected chi connectivity index (χ2v) is 9.07. The SMILES string of the molecule is C[C@@H]1CCc2c(sc(NC(=O)C[NH+](C)CC(=O)Nc3ccccc3Cl)c2C#N)C1. The van der Waals surface area contributed by atoms with Crippen LogP contribution in [0.4, 0.5) is 10.7 Å². The molecule has 0 radical (unpaired) electrons. The number of para-hydroxylation sites is 1. The quantitative estimate of drug-likeness (QED) is 0.656. The number of thiophene rings is 1. The third kappa shape index (κ3) is 5.36. The lowest BCUT2D eigenvalue weighted by Gasteiger charge is -2.17. The molecule has 6 nitrogen and oxygen atoms in total. The number of anilines is 2. The molecule has 3 rings (SSSR count). The van der Waals surface area contributed by atoms with Gasteiger partial charge in [-0.2, -0.15) is 5.26 Å². The smallest absolute Gasteiger partial charge is 0.280 e. The molecule has 1 unspecified atom stereocenters. The van der Waals surface area contributed by atoms with E-state index in [9.17, 15) is 14.9 Å². The zero-order valence-electron chi connectivity index (χ0n) is 16.5. The average Bonchev–Trinajstić information content (AvgIpc) is 2.98. The van der Waals surface area contributed by atoms with Gasteiger partial charge in [0.25, 0.3) is 11.8 Å². The van der Waals surface area contributed by atoms with Crippen molar-refractivity contribution in [3.63, 3.8) is 0 Å². The average molecular weight is 432 g/mol. The number of nitriles is 1. The van der Waals surface area contributed by atoms with E-state index < -0.39 is 0 Å². The summed E-state index contributed by atoms with van der Waals surface area (Å²) in [4.78, 5) is 26.6. The molecular weight excluding hydrogens is 408 g/mol. The van der Waals surface area contributed by atoms with Crippen LogP contribution in [0.25, 0.3) is 0 Å². The van der Waals surface area contributed by atoms with Crippen molar-refractivity contribution < 1.29 is 14.5 Å². The molecule has 1 aromatic carbocycles. The molecule has 0 aliphatic heterocycles. The van der Waals surface area contributed by atoms with E-state index in [1.807, 2.05) is 0 Å². The summed E-state index contributed by atoms with van der Waals surface area (Å²) in [6, 6.07) is 9.27. The summed E-state index contributed by atoms with van der Waals surface area (Å²) in [5, 5.41) is 16.3. The molecule has 1 aromatic heterocycles. The van der Waals surface area contributed by atoms with E-state index in [0.29, 0.717) is 27.2 Å². The van der Waals surface area contributed by atoms with Crippen LogP contribution in [0.1, 0.15) is 29.3 Å². The molecule has 2 amide bonds. The Balaban J connectivity index is 1.56. The van der Waals surface area contributed by atoms with E-state index in [-0.39, 0.29) is 24.9 Å². The van der Waals surface area contributed by atoms with Crippen molar-refractivity contribution in [3.05, 3.63) is 45.3 Å². The second-order valence-electron chi connectivity index (χ2n) is 7.55. The molecule has 0 fully saturated rings. The first-order valence-electron chi connectivity index (χ1n) is 9.57. The molecule has 0 saturated heterocycles. The molecule has 2 atom stereocenters. The monoisotopic (exact) mass is 431 g/mol. The van der Waals surface area contributed by atoms with Crippen LogP contribution in [0.2, 0.25) is 5.02 Å².